The van der Waals surface area contributed by atoms with Gasteiger partial charge in [-0.15, -0.1) is 0 Å². The molecule has 1 unspecified atom stereocenters. The monoisotopic (exact) mass is 292 g/mol. The van der Waals surface area contributed by atoms with Gasteiger partial charge in [0.25, 0.3) is 0 Å². The summed E-state index contributed by atoms with van der Waals surface area (Å²) in [5.41, 5.74) is -1.01. The molecule has 1 atom stereocenters. The Balaban J connectivity index is 3.09. The van der Waals surface area contributed by atoms with Gasteiger partial charge >= 0.3 is 6.18 Å². The molecule has 1 rings (SSSR count). The maximum Gasteiger partial charge on any atom is 0.416 e. The minimum Gasteiger partial charge on any atom is -0.384 e. The highest BCUT2D eigenvalue weighted by Gasteiger charge is 2.35. The Morgan fingerprint density at radius 3 is 2.12 bits per heavy atom. The molecule has 0 spiro atoms. The van der Waals surface area contributed by atoms with Crippen LogP contribution in [0.2, 0.25) is 0 Å². The third-order valence-electron chi connectivity index (χ3n) is 1.84. The SMILES string of the molecule is OC(c1cccc(C(F)(F)F)c1)C(Cl)(Cl)Cl. The van der Waals surface area contributed by atoms with E-state index in [2.05, 4.69) is 0 Å². The minimum atomic E-state index is -4.50. The Morgan fingerprint density at radius 2 is 1.69 bits per heavy atom. The molecule has 1 nitrogen and oxygen atoms in total. The highest BCUT2D eigenvalue weighted by molar-refractivity contribution is 6.68. The summed E-state index contributed by atoms with van der Waals surface area (Å²) in [5, 5.41) is 9.48. The van der Waals surface area contributed by atoms with Gasteiger partial charge in [0.15, 0.2) is 0 Å². The first-order valence-corrected chi connectivity index (χ1v) is 5.17. The van der Waals surface area contributed by atoms with Crippen LogP contribution < -0.4 is 0 Å². The first-order chi connectivity index (χ1) is 7.12. The van der Waals surface area contributed by atoms with E-state index in [1.54, 1.807) is 0 Å². The Labute approximate surface area is 105 Å². The predicted octanol–water partition coefficient (Wildman–Crippen LogP) is 4.11. The summed E-state index contributed by atoms with van der Waals surface area (Å²) >= 11 is 16.2. The minimum absolute atomic E-state index is 0.102. The van der Waals surface area contributed by atoms with E-state index in [9.17, 15) is 18.3 Å². The summed E-state index contributed by atoms with van der Waals surface area (Å²) < 4.78 is 35.0. The molecule has 1 aromatic carbocycles. The zero-order valence-corrected chi connectivity index (χ0v) is 9.87. The number of rotatable bonds is 1. The molecule has 0 aliphatic heterocycles. The highest BCUT2D eigenvalue weighted by Crippen LogP contribution is 2.40. The number of benzene rings is 1. The number of halogens is 6. The topological polar surface area (TPSA) is 20.2 Å². The molecule has 0 radical (unpaired) electrons. The van der Waals surface area contributed by atoms with E-state index in [0.717, 1.165) is 18.2 Å². The molecule has 0 aliphatic rings. The molecular weight excluding hydrogens is 287 g/mol. The van der Waals surface area contributed by atoms with Crippen molar-refractivity contribution < 1.29 is 18.3 Å². The fourth-order valence-corrected chi connectivity index (χ4v) is 1.45. The Kier molecular flexibility index (Phi) is 4.00. The van der Waals surface area contributed by atoms with Crippen molar-refractivity contribution in [3.05, 3.63) is 35.4 Å². The molecule has 0 saturated heterocycles. The first-order valence-electron chi connectivity index (χ1n) is 4.04. The maximum atomic E-state index is 12.3. The summed E-state index contributed by atoms with van der Waals surface area (Å²) in [6, 6.07) is 4.00. The summed E-state index contributed by atoms with van der Waals surface area (Å²) in [7, 11) is 0. The molecule has 0 aliphatic carbocycles. The van der Waals surface area contributed by atoms with Gasteiger partial charge in [-0.25, -0.2) is 0 Å². The van der Waals surface area contributed by atoms with Crippen molar-refractivity contribution in [2.24, 2.45) is 0 Å². The van der Waals surface area contributed by atoms with E-state index in [0.29, 0.717) is 0 Å². The van der Waals surface area contributed by atoms with E-state index in [4.69, 9.17) is 34.8 Å². The lowest BCUT2D eigenvalue weighted by Crippen LogP contribution is -2.17. The van der Waals surface area contributed by atoms with Crippen molar-refractivity contribution in [3.8, 4) is 0 Å². The zero-order valence-electron chi connectivity index (χ0n) is 7.60. The van der Waals surface area contributed by atoms with E-state index in [1.807, 2.05) is 0 Å². The lowest BCUT2D eigenvalue weighted by atomic mass is 10.1. The quantitative estimate of drug-likeness (QED) is 0.773. The second kappa shape index (κ2) is 4.61. The zero-order chi connectivity index (χ0) is 12.6. The third kappa shape index (κ3) is 3.42. The second-order valence-corrected chi connectivity index (χ2v) is 5.44. The van der Waals surface area contributed by atoms with Crippen molar-refractivity contribution in [1.29, 1.82) is 0 Å². The van der Waals surface area contributed by atoms with Crippen LogP contribution in [-0.2, 0) is 6.18 Å². The van der Waals surface area contributed by atoms with Gasteiger partial charge in [0.1, 0.15) is 6.10 Å². The van der Waals surface area contributed by atoms with Gasteiger partial charge in [-0.3, -0.25) is 0 Å². The summed E-state index contributed by atoms with van der Waals surface area (Å²) in [4.78, 5) is 0. The van der Waals surface area contributed by atoms with E-state index in [1.165, 1.54) is 6.07 Å². The smallest absolute Gasteiger partial charge is 0.384 e. The van der Waals surface area contributed by atoms with Crippen molar-refractivity contribution in [3.63, 3.8) is 0 Å². The van der Waals surface area contributed by atoms with Crippen molar-refractivity contribution in [2.75, 3.05) is 0 Å². The molecule has 0 bridgehead atoms. The molecule has 1 aromatic rings. The van der Waals surface area contributed by atoms with Gasteiger partial charge in [0.05, 0.1) is 5.56 Å². The van der Waals surface area contributed by atoms with Crippen LogP contribution in [-0.4, -0.2) is 8.90 Å². The van der Waals surface area contributed by atoms with E-state index in [-0.39, 0.29) is 5.56 Å². The first kappa shape index (κ1) is 13.9. The van der Waals surface area contributed by atoms with Crippen molar-refractivity contribution in [1.82, 2.24) is 0 Å². The van der Waals surface area contributed by atoms with Gasteiger partial charge in [-0.2, -0.15) is 13.2 Å². The number of alkyl halides is 6. The van der Waals surface area contributed by atoms with Crippen LogP contribution >= 0.6 is 34.8 Å². The molecule has 0 saturated carbocycles. The maximum absolute atomic E-state index is 12.3. The van der Waals surface area contributed by atoms with E-state index < -0.39 is 21.6 Å². The molecule has 90 valence electrons. The largest absolute Gasteiger partial charge is 0.416 e. The summed E-state index contributed by atoms with van der Waals surface area (Å²) in [6.45, 7) is 0. The average molecular weight is 293 g/mol. The Morgan fingerprint density at radius 1 is 1.12 bits per heavy atom. The summed E-state index contributed by atoms with van der Waals surface area (Å²) in [5.74, 6) is 0. The lowest BCUT2D eigenvalue weighted by molar-refractivity contribution is -0.137. The van der Waals surface area contributed by atoms with Gasteiger partial charge in [-0.05, 0) is 17.7 Å². The van der Waals surface area contributed by atoms with Crippen LogP contribution in [0.1, 0.15) is 17.2 Å². The number of hydrogen-bond acceptors (Lipinski definition) is 1. The lowest BCUT2D eigenvalue weighted by Gasteiger charge is -2.20. The molecule has 16 heavy (non-hydrogen) atoms. The summed E-state index contributed by atoms with van der Waals surface area (Å²) in [6.07, 6.45) is -6.11. The van der Waals surface area contributed by atoms with Gasteiger partial charge in [0, 0.05) is 0 Å². The standard InChI is InChI=1S/C9H6Cl3F3O/c10-8(11,12)7(16)5-2-1-3-6(4-5)9(13,14)15/h1-4,7,16H. The Bertz CT molecular complexity index is 373. The number of aliphatic hydroxyl groups is 1. The third-order valence-corrected chi connectivity index (χ3v) is 2.46. The Hall–Kier alpha value is -0.160. The van der Waals surface area contributed by atoms with Crippen LogP contribution in [0.5, 0.6) is 0 Å². The predicted molar refractivity (Wildman–Crippen MR) is 56.7 cm³/mol. The molecule has 7 heteroatoms. The van der Waals surface area contributed by atoms with E-state index >= 15 is 0 Å². The van der Waals surface area contributed by atoms with Crippen molar-refractivity contribution >= 4 is 34.8 Å². The highest BCUT2D eigenvalue weighted by atomic mass is 35.6. The second-order valence-electron chi connectivity index (χ2n) is 3.07. The molecule has 0 heterocycles. The van der Waals surface area contributed by atoms with Crippen LogP contribution in [0.15, 0.2) is 24.3 Å². The van der Waals surface area contributed by atoms with Crippen LogP contribution in [0.3, 0.4) is 0 Å². The molecule has 0 amide bonds. The van der Waals surface area contributed by atoms with Crippen LogP contribution in [0, 0.1) is 0 Å². The fraction of sp³-hybridized carbons (Fsp3) is 0.333. The average Bonchev–Trinajstić information content (AvgIpc) is 2.14. The fourth-order valence-electron chi connectivity index (χ4n) is 1.07. The molecular formula is C9H6Cl3F3O. The number of hydrogen-bond donors (Lipinski definition) is 1. The molecule has 0 fully saturated rings. The normalized spacial score (nSPS) is 14.9. The molecule has 0 aromatic heterocycles. The molecule has 1 N–H and O–H groups in total. The van der Waals surface area contributed by atoms with Crippen molar-refractivity contribution in [2.45, 2.75) is 16.1 Å². The van der Waals surface area contributed by atoms with Gasteiger partial charge < -0.3 is 5.11 Å². The van der Waals surface area contributed by atoms with Gasteiger partial charge in [-0.1, -0.05) is 46.9 Å². The van der Waals surface area contributed by atoms with Crippen LogP contribution in [0.25, 0.3) is 0 Å². The van der Waals surface area contributed by atoms with Gasteiger partial charge in [0.2, 0.25) is 3.79 Å². The number of aliphatic hydroxyl groups excluding tert-OH is 1. The van der Waals surface area contributed by atoms with Crippen LogP contribution in [0.4, 0.5) is 13.2 Å².